The number of piperidine rings is 4. The minimum atomic E-state index is -1.66. The van der Waals surface area contributed by atoms with Crippen molar-refractivity contribution < 1.29 is 48.2 Å². The molecule has 0 spiro atoms. The number of rotatable bonds is 21. The van der Waals surface area contributed by atoms with Crippen LogP contribution < -0.4 is 20.9 Å². The third-order valence-corrected chi connectivity index (χ3v) is 16.6. The molecule has 5 fully saturated rings. The van der Waals surface area contributed by atoms with Gasteiger partial charge in [0.25, 0.3) is 5.91 Å². The fourth-order valence-corrected chi connectivity index (χ4v) is 12.2. The first-order valence-electron chi connectivity index (χ1n) is 25.7. The predicted octanol–water partition coefficient (Wildman–Crippen LogP) is 2.96. The minimum Gasteiger partial charge on any atom is -0.505 e. The fraction of sp³-hybridized carbons (Fsp3) is 0.537. The lowest BCUT2D eigenvalue weighted by molar-refractivity contribution is -0.155. The highest BCUT2D eigenvalue weighted by Crippen LogP contribution is 2.37. The van der Waals surface area contributed by atoms with Gasteiger partial charge in [0, 0.05) is 88.5 Å². The van der Waals surface area contributed by atoms with Crippen molar-refractivity contribution in [1.82, 2.24) is 40.5 Å². The molecule has 9 atom stereocenters. The molecule has 4 N–H and O–H groups in total. The maximum atomic E-state index is 15.1. The van der Waals surface area contributed by atoms with Crippen LogP contribution in [0.25, 0.3) is 0 Å². The van der Waals surface area contributed by atoms with Crippen molar-refractivity contribution in [3.8, 4) is 5.75 Å². The Bertz CT molecular complexity index is 2490. The van der Waals surface area contributed by atoms with E-state index in [-0.39, 0.29) is 56.0 Å². The topological polar surface area (TPSA) is 231 Å². The van der Waals surface area contributed by atoms with Crippen molar-refractivity contribution in [3.63, 3.8) is 0 Å². The van der Waals surface area contributed by atoms with Crippen molar-refractivity contribution in [2.75, 3.05) is 64.5 Å². The first-order valence-corrected chi connectivity index (χ1v) is 26.7. The van der Waals surface area contributed by atoms with Crippen molar-refractivity contribution in [1.29, 1.82) is 0 Å². The zero-order valence-electron chi connectivity index (χ0n) is 43.2. The van der Waals surface area contributed by atoms with Crippen LogP contribution in [0.5, 0.6) is 5.75 Å². The van der Waals surface area contributed by atoms with Gasteiger partial charge < -0.3 is 50.3 Å². The van der Waals surface area contributed by atoms with Gasteiger partial charge in [-0.05, 0) is 100 Å². The second-order valence-corrected chi connectivity index (χ2v) is 21.5. The van der Waals surface area contributed by atoms with Gasteiger partial charge in [-0.1, -0.05) is 49.4 Å². The summed E-state index contributed by atoms with van der Waals surface area (Å²) >= 11 is 1.85. The Morgan fingerprint density at radius 3 is 2.26 bits per heavy atom. The largest absolute Gasteiger partial charge is 0.505 e. The summed E-state index contributed by atoms with van der Waals surface area (Å²) in [5.41, 5.74) is 1.77. The lowest BCUT2D eigenvalue weighted by Gasteiger charge is -2.45. The summed E-state index contributed by atoms with van der Waals surface area (Å²) in [4.78, 5) is 124. The van der Waals surface area contributed by atoms with E-state index in [0.717, 1.165) is 30.9 Å². The van der Waals surface area contributed by atoms with Crippen molar-refractivity contribution in [2.45, 2.75) is 113 Å². The number of carbonyl (C=O) groups excluding carboxylic acids is 8. The second-order valence-electron chi connectivity index (χ2n) is 20.2. The molecule has 5 aliphatic heterocycles. The molecule has 19 nitrogen and oxygen atoms in total. The highest BCUT2D eigenvalue weighted by molar-refractivity contribution is 8.00. The number of ketones is 1. The number of pyridine rings is 1. The van der Waals surface area contributed by atoms with Gasteiger partial charge in [0.05, 0.1) is 0 Å². The van der Waals surface area contributed by atoms with Crippen LogP contribution in [0, 0.1) is 11.8 Å². The zero-order chi connectivity index (χ0) is 53.2. The van der Waals surface area contributed by atoms with Crippen LogP contribution >= 0.6 is 11.8 Å². The van der Waals surface area contributed by atoms with Gasteiger partial charge in [0.15, 0.2) is 11.7 Å². The molecule has 0 radical (unpaired) electrons. The second kappa shape index (κ2) is 25.1. The molecule has 2 bridgehead atoms. The number of hydrogen-bond donors (Lipinski definition) is 4. The van der Waals surface area contributed by atoms with Gasteiger partial charge in [-0.15, -0.1) is 0 Å². The Morgan fingerprint density at radius 1 is 0.905 bits per heavy atom. The Morgan fingerprint density at radius 2 is 1.62 bits per heavy atom. The highest BCUT2D eigenvalue weighted by atomic mass is 32.2. The van der Waals surface area contributed by atoms with E-state index in [1.165, 1.54) is 47.9 Å². The number of nitrogens with one attached hydrogen (secondary N) is 3. The minimum absolute atomic E-state index is 0.0573. The van der Waals surface area contributed by atoms with Crippen molar-refractivity contribution in [3.05, 3.63) is 89.7 Å². The molecular formula is C54H71N9O10S. The smallest absolute Gasteiger partial charge is 0.333 e. The molecule has 5 aliphatic rings. The molecule has 9 unspecified atom stereocenters. The number of esters is 1. The number of carbonyl (C=O) groups is 8. The molecule has 3 aromatic rings. The number of benzene rings is 2. The van der Waals surface area contributed by atoms with Crippen molar-refractivity contribution >= 4 is 65.1 Å². The average Bonchev–Trinajstić information content (AvgIpc) is 3.90. The lowest BCUT2D eigenvalue weighted by Crippen LogP contribution is -2.61. The molecule has 0 aliphatic carbocycles. The van der Waals surface area contributed by atoms with E-state index < -0.39 is 77.4 Å². The number of likely N-dealkylation sites (tertiary alicyclic amines) is 2. The van der Waals surface area contributed by atoms with Gasteiger partial charge in [0.1, 0.15) is 41.8 Å². The standard InChI is InChI=1S/C54H71N9O10S/c1-7-40(57-49(67)46(58-50(68)48-43(65)16-11-23-55-48)34(3)73-54(72)47(56-32-64)37-13-9-8-10-14-37)51(69)62-24-12-15-41(62)52(70)60(6)42(28-35-17-19-39(20-18-35)59(4)5)53(71)63-29-38(44(66)27-33(63)2)31-74-45-30-61-25-21-36(45)22-26-61/h8-11,13-14,16-20,23,32-34,36,38,40-42,45-47,65H,7,12,15,21-22,24-31H2,1-6H3,(H,56,64)(H,57,67)(H,58,68). The number of hydrogen-bond acceptors (Lipinski definition) is 14. The summed E-state index contributed by atoms with van der Waals surface area (Å²) < 4.78 is 5.71. The number of aromatic nitrogens is 1. The SMILES string of the molecule is CCC(NC(=O)C(NC(=O)c1ncccc1O)C(C)OC(=O)C(NC=O)c1ccccc1)C(=O)N1CCCC1C(=O)N(C)C(Cc1ccc(N(C)C)cc1)C(=O)N1CC(CSC2CN3CCC2CC3)C(=O)CC1C. The number of nitrogens with zero attached hydrogens (tertiary/aromatic N) is 6. The quantitative estimate of drug-likeness (QED) is 0.0889. The highest BCUT2D eigenvalue weighted by Gasteiger charge is 2.45. The van der Waals surface area contributed by atoms with Crippen LogP contribution in [0.4, 0.5) is 5.69 Å². The monoisotopic (exact) mass is 1040 g/mol. The molecular weight excluding hydrogens is 967 g/mol. The van der Waals surface area contributed by atoms with E-state index in [2.05, 4.69) is 25.8 Å². The third kappa shape index (κ3) is 13.0. The van der Waals surface area contributed by atoms with E-state index in [1.54, 1.807) is 49.2 Å². The number of ether oxygens (including phenoxy) is 1. The zero-order valence-corrected chi connectivity index (χ0v) is 44.0. The van der Waals surface area contributed by atoms with Gasteiger partial charge in [-0.3, -0.25) is 33.6 Å². The molecule has 6 amide bonds. The molecule has 0 saturated carbocycles. The Balaban J connectivity index is 1.09. The third-order valence-electron chi connectivity index (χ3n) is 15.1. The Labute approximate surface area is 437 Å². The van der Waals surface area contributed by atoms with Gasteiger partial charge in [0.2, 0.25) is 30.0 Å². The van der Waals surface area contributed by atoms with Gasteiger partial charge in [-0.25, -0.2) is 9.78 Å². The van der Waals surface area contributed by atoms with E-state index >= 15 is 4.79 Å². The summed E-state index contributed by atoms with van der Waals surface area (Å²) in [6, 6.07) is 12.2. The molecule has 74 heavy (non-hydrogen) atoms. The molecule has 20 heteroatoms. The van der Waals surface area contributed by atoms with Crippen LogP contribution in [0.2, 0.25) is 0 Å². The predicted molar refractivity (Wildman–Crippen MR) is 279 cm³/mol. The summed E-state index contributed by atoms with van der Waals surface area (Å²) in [5, 5.41) is 18.5. The number of likely N-dealkylation sites (N-methyl/N-ethyl adjacent to an activating group) is 1. The van der Waals surface area contributed by atoms with Crippen LogP contribution in [0.15, 0.2) is 72.9 Å². The van der Waals surface area contributed by atoms with Gasteiger partial charge >= 0.3 is 5.97 Å². The number of aromatic hydroxyl groups is 1. The van der Waals surface area contributed by atoms with Crippen LogP contribution in [0.3, 0.4) is 0 Å². The first-order chi connectivity index (χ1) is 35.5. The average molecular weight is 1040 g/mol. The lowest BCUT2D eigenvalue weighted by atomic mass is 9.88. The number of anilines is 1. The molecule has 8 rings (SSSR count). The van der Waals surface area contributed by atoms with E-state index in [9.17, 15) is 38.7 Å². The Kier molecular flexibility index (Phi) is 18.7. The molecule has 398 valence electrons. The van der Waals surface area contributed by atoms with Crippen LogP contribution in [0.1, 0.15) is 87.0 Å². The number of amides is 6. The molecule has 5 saturated heterocycles. The molecule has 2 aromatic carbocycles. The maximum absolute atomic E-state index is 15.1. The molecule has 6 heterocycles. The summed E-state index contributed by atoms with van der Waals surface area (Å²) in [6.45, 7) is 8.61. The normalized spacial score (nSPS) is 23.4. The summed E-state index contributed by atoms with van der Waals surface area (Å²) in [7, 11) is 5.45. The van der Waals surface area contributed by atoms with E-state index in [1.807, 2.05) is 61.9 Å². The van der Waals surface area contributed by atoms with E-state index in [0.29, 0.717) is 41.7 Å². The number of fused-ring (bicyclic) bond motifs is 3. The van der Waals surface area contributed by atoms with Gasteiger partial charge in [-0.2, -0.15) is 11.8 Å². The summed E-state index contributed by atoms with van der Waals surface area (Å²) in [6.07, 6.45) is 3.75. The Hall–Kier alpha value is -6.54. The number of Topliss-reactive ketones (excluding diaryl/α,β-unsaturated/α-hetero) is 1. The van der Waals surface area contributed by atoms with Crippen molar-refractivity contribution in [2.24, 2.45) is 11.8 Å². The number of thioether (sulfide) groups is 1. The molecule has 1 aromatic heterocycles. The first kappa shape index (κ1) is 55.2. The summed E-state index contributed by atoms with van der Waals surface area (Å²) in [5.74, 6) is -3.55. The van der Waals surface area contributed by atoms with Crippen LogP contribution in [-0.4, -0.2) is 179 Å². The fourth-order valence-electron chi connectivity index (χ4n) is 10.6. The van der Waals surface area contributed by atoms with E-state index in [4.69, 9.17) is 4.74 Å². The maximum Gasteiger partial charge on any atom is 0.333 e. The van der Waals surface area contributed by atoms with Crippen LogP contribution in [-0.2, 0) is 44.7 Å².